The van der Waals surface area contributed by atoms with Crippen molar-refractivity contribution in [2.45, 2.75) is 11.9 Å². The number of nitrogens with zero attached hydrogens (tertiary/aromatic N) is 1. The molecular weight excluding hydrogens is 194 g/mol. The summed E-state index contributed by atoms with van der Waals surface area (Å²) in [5, 5.41) is 9.41. The van der Waals surface area contributed by atoms with E-state index in [1.165, 1.54) is 0 Å². The fourth-order valence-corrected chi connectivity index (χ4v) is 0.959. The van der Waals surface area contributed by atoms with E-state index in [2.05, 4.69) is 20.9 Å². The Kier molecular flexibility index (Phi) is 2.83. The predicted molar refractivity (Wildman–Crippen MR) is 42.8 cm³/mol. The van der Waals surface area contributed by atoms with Gasteiger partial charge in [0.1, 0.15) is 0 Å². The van der Waals surface area contributed by atoms with Gasteiger partial charge in [-0.25, -0.2) is 0 Å². The standard InChI is InChI=1S/C7H8BrNO/c8-3-7-2-1-6(5-10)4-9-7/h1-2,4,10H,3,5H2. The van der Waals surface area contributed by atoms with Gasteiger partial charge in [0, 0.05) is 11.5 Å². The van der Waals surface area contributed by atoms with E-state index in [4.69, 9.17) is 5.11 Å². The molecule has 0 spiro atoms. The van der Waals surface area contributed by atoms with E-state index >= 15 is 0 Å². The van der Waals surface area contributed by atoms with Crippen LogP contribution in [-0.2, 0) is 11.9 Å². The summed E-state index contributed by atoms with van der Waals surface area (Å²) in [6.07, 6.45) is 1.68. The van der Waals surface area contributed by atoms with Crippen LogP contribution in [0, 0.1) is 0 Å². The third-order valence-electron chi connectivity index (χ3n) is 1.21. The zero-order valence-electron chi connectivity index (χ0n) is 5.42. The van der Waals surface area contributed by atoms with Crippen molar-refractivity contribution in [1.82, 2.24) is 4.98 Å². The van der Waals surface area contributed by atoms with Gasteiger partial charge in [-0.2, -0.15) is 0 Å². The highest BCUT2D eigenvalue weighted by molar-refractivity contribution is 9.08. The number of rotatable bonds is 2. The maximum Gasteiger partial charge on any atom is 0.0696 e. The molecule has 10 heavy (non-hydrogen) atoms. The van der Waals surface area contributed by atoms with Gasteiger partial charge >= 0.3 is 0 Å². The smallest absolute Gasteiger partial charge is 0.0696 e. The maximum absolute atomic E-state index is 8.65. The van der Waals surface area contributed by atoms with Gasteiger partial charge in [0.15, 0.2) is 0 Å². The Morgan fingerprint density at radius 2 is 2.30 bits per heavy atom. The molecular formula is C7H8BrNO. The van der Waals surface area contributed by atoms with E-state index in [1.807, 2.05) is 12.1 Å². The minimum absolute atomic E-state index is 0.0650. The zero-order chi connectivity index (χ0) is 7.40. The molecule has 1 aromatic rings. The van der Waals surface area contributed by atoms with E-state index in [1.54, 1.807) is 6.20 Å². The van der Waals surface area contributed by atoms with Crippen LogP contribution in [0.15, 0.2) is 18.3 Å². The minimum Gasteiger partial charge on any atom is -0.392 e. The highest BCUT2D eigenvalue weighted by Gasteiger charge is 1.91. The van der Waals surface area contributed by atoms with Gasteiger partial charge in [0.05, 0.1) is 12.3 Å². The number of alkyl halides is 1. The summed E-state index contributed by atoms with van der Waals surface area (Å²) in [5.41, 5.74) is 1.84. The second kappa shape index (κ2) is 3.68. The molecule has 0 unspecified atom stereocenters. The Morgan fingerprint density at radius 3 is 2.70 bits per heavy atom. The third kappa shape index (κ3) is 1.78. The molecule has 0 saturated heterocycles. The van der Waals surface area contributed by atoms with Crippen molar-refractivity contribution in [3.05, 3.63) is 29.6 Å². The largest absolute Gasteiger partial charge is 0.392 e. The Labute approximate surface area is 68.0 Å². The van der Waals surface area contributed by atoms with Gasteiger partial charge in [0.25, 0.3) is 0 Å². The number of hydrogen-bond acceptors (Lipinski definition) is 2. The Bertz CT molecular complexity index is 174. The lowest BCUT2D eigenvalue weighted by atomic mass is 10.3. The summed E-state index contributed by atoms with van der Waals surface area (Å²) in [6.45, 7) is 0.0650. The van der Waals surface area contributed by atoms with E-state index in [0.717, 1.165) is 16.6 Å². The van der Waals surface area contributed by atoms with Gasteiger partial charge in [-0.1, -0.05) is 22.0 Å². The first-order valence-electron chi connectivity index (χ1n) is 2.97. The van der Waals surface area contributed by atoms with E-state index in [9.17, 15) is 0 Å². The second-order valence-corrected chi connectivity index (χ2v) is 2.51. The lowest BCUT2D eigenvalue weighted by molar-refractivity contribution is 0.281. The first kappa shape index (κ1) is 7.69. The Hall–Kier alpha value is -0.410. The number of aliphatic hydroxyl groups is 1. The third-order valence-corrected chi connectivity index (χ3v) is 1.78. The monoisotopic (exact) mass is 201 g/mol. The first-order valence-corrected chi connectivity index (χ1v) is 4.09. The molecule has 0 aliphatic rings. The summed E-state index contributed by atoms with van der Waals surface area (Å²) in [6, 6.07) is 3.75. The summed E-state index contributed by atoms with van der Waals surface area (Å²) in [4.78, 5) is 4.06. The molecule has 0 aromatic carbocycles. The molecule has 0 radical (unpaired) electrons. The van der Waals surface area contributed by atoms with Crippen molar-refractivity contribution < 1.29 is 5.11 Å². The van der Waals surface area contributed by atoms with Gasteiger partial charge in [-0.15, -0.1) is 0 Å². The number of aliphatic hydroxyl groups excluding tert-OH is 1. The van der Waals surface area contributed by atoms with Crippen molar-refractivity contribution in [2.75, 3.05) is 0 Å². The van der Waals surface area contributed by atoms with Crippen molar-refractivity contribution in [2.24, 2.45) is 0 Å². The van der Waals surface area contributed by atoms with Crippen LogP contribution in [0.4, 0.5) is 0 Å². The highest BCUT2D eigenvalue weighted by atomic mass is 79.9. The number of hydrogen-bond donors (Lipinski definition) is 1. The predicted octanol–water partition coefficient (Wildman–Crippen LogP) is 1.47. The quantitative estimate of drug-likeness (QED) is 0.736. The molecule has 0 atom stereocenters. The van der Waals surface area contributed by atoms with Crippen LogP contribution in [0.3, 0.4) is 0 Å². The van der Waals surface area contributed by atoms with Crippen LogP contribution in [0.2, 0.25) is 0 Å². The zero-order valence-corrected chi connectivity index (χ0v) is 7.00. The number of aromatic nitrogens is 1. The summed E-state index contributed by atoms with van der Waals surface area (Å²) < 4.78 is 0. The van der Waals surface area contributed by atoms with Crippen LogP contribution in [-0.4, -0.2) is 10.1 Å². The number of halogens is 1. The van der Waals surface area contributed by atoms with E-state index in [0.29, 0.717) is 0 Å². The van der Waals surface area contributed by atoms with Gasteiger partial charge in [0.2, 0.25) is 0 Å². The summed E-state index contributed by atoms with van der Waals surface area (Å²) >= 11 is 3.28. The molecule has 1 rings (SSSR count). The van der Waals surface area contributed by atoms with Crippen molar-refractivity contribution in [1.29, 1.82) is 0 Å². The molecule has 1 heterocycles. The molecule has 0 bridgehead atoms. The molecule has 3 heteroatoms. The van der Waals surface area contributed by atoms with Gasteiger partial charge in [-0.3, -0.25) is 4.98 Å². The van der Waals surface area contributed by atoms with Gasteiger partial charge in [-0.05, 0) is 11.6 Å². The SMILES string of the molecule is OCc1ccc(CBr)nc1. The molecule has 0 aliphatic carbocycles. The summed E-state index contributed by atoms with van der Waals surface area (Å²) in [7, 11) is 0. The highest BCUT2D eigenvalue weighted by Crippen LogP contribution is 2.03. The van der Waals surface area contributed by atoms with Crippen LogP contribution in [0.5, 0.6) is 0 Å². The lowest BCUT2D eigenvalue weighted by Crippen LogP contribution is -1.87. The van der Waals surface area contributed by atoms with Crippen molar-refractivity contribution in [3.8, 4) is 0 Å². The molecule has 0 fully saturated rings. The van der Waals surface area contributed by atoms with Crippen LogP contribution < -0.4 is 0 Å². The van der Waals surface area contributed by atoms with Crippen LogP contribution in [0.25, 0.3) is 0 Å². The minimum atomic E-state index is 0.0650. The second-order valence-electron chi connectivity index (χ2n) is 1.95. The van der Waals surface area contributed by atoms with E-state index in [-0.39, 0.29) is 6.61 Å². The van der Waals surface area contributed by atoms with Gasteiger partial charge < -0.3 is 5.11 Å². The molecule has 0 saturated carbocycles. The first-order chi connectivity index (χ1) is 4.86. The topological polar surface area (TPSA) is 33.1 Å². The fraction of sp³-hybridized carbons (Fsp3) is 0.286. The Balaban J connectivity index is 2.80. The van der Waals surface area contributed by atoms with Crippen LogP contribution in [0.1, 0.15) is 11.3 Å². The Morgan fingerprint density at radius 1 is 1.50 bits per heavy atom. The lowest BCUT2D eigenvalue weighted by Gasteiger charge is -1.95. The molecule has 1 aromatic heterocycles. The number of pyridine rings is 1. The van der Waals surface area contributed by atoms with Crippen molar-refractivity contribution >= 4 is 15.9 Å². The van der Waals surface area contributed by atoms with Crippen molar-refractivity contribution in [3.63, 3.8) is 0 Å². The van der Waals surface area contributed by atoms with Crippen LogP contribution >= 0.6 is 15.9 Å². The average Bonchev–Trinajstić information content (AvgIpc) is 2.05. The average molecular weight is 202 g/mol. The molecule has 54 valence electrons. The normalized spacial score (nSPS) is 9.80. The van der Waals surface area contributed by atoms with E-state index < -0.39 is 0 Å². The molecule has 1 N–H and O–H groups in total. The molecule has 0 aliphatic heterocycles. The fourth-order valence-electron chi connectivity index (χ4n) is 0.628. The molecule has 0 amide bonds. The summed E-state index contributed by atoms with van der Waals surface area (Å²) in [5.74, 6) is 0. The maximum atomic E-state index is 8.65. The molecule has 2 nitrogen and oxygen atoms in total.